The van der Waals surface area contributed by atoms with Crippen LogP contribution >= 0.6 is 0 Å². The molecule has 1 aliphatic heterocycles. The van der Waals surface area contributed by atoms with Gasteiger partial charge in [-0.15, -0.1) is 0 Å². The number of fused-ring (bicyclic) bond motifs is 4. The quantitative estimate of drug-likeness (QED) is 0.472. The van der Waals surface area contributed by atoms with Crippen LogP contribution in [-0.4, -0.2) is 5.97 Å². The lowest BCUT2D eigenvalue weighted by molar-refractivity contribution is 0.0458. The summed E-state index contributed by atoms with van der Waals surface area (Å²) in [4.78, 5) is 12.1. The topological polar surface area (TPSA) is 39.4 Å². The standard InChI is InChI=1S/C20H12O3/c21-20-13-7-2-1-6-12(13)19(23-20)15-9-5-11-17-18(15)14-8-3-4-10-16(14)22-17/h1-11,19H. The average molecular weight is 300 g/mol. The summed E-state index contributed by atoms with van der Waals surface area (Å²) in [5.74, 6) is -0.268. The number of carbonyl (C=O) groups excluding carboxylic acids is 1. The highest BCUT2D eigenvalue weighted by atomic mass is 16.5. The molecular formula is C20H12O3. The number of hydrogen-bond donors (Lipinski definition) is 0. The van der Waals surface area contributed by atoms with Gasteiger partial charge in [-0.2, -0.15) is 0 Å². The molecule has 0 aliphatic carbocycles. The van der Waals surface area contributed by atoms with Crippen molar-refractivity contribution in [2.75, 3.05) is 0 Å². The zero-order valence-electron chi connectivity index (χ0n) is 12.2. The normalized spacial score (nSPS) is 16.7. The Morgan fingerprint density at radius 2 is 1.48 bits per heavy atom. The second kappa shape index (κ2) is 4.46. The molecule has 0 amide bonds. The summed E-state index contributed by atoms with van der Waals surface area (Å²) in [5, 5.41) is 2.05. The van der Waals surface area contributed by atoms with Crippen molar-refractivity contribution in [2.24, 2.45) is 0 Å². The van der Waals surface area contributed by atoms with Gasteiger partial charge in [-0.25, -0.2) is 4.79 Å². The number of ether oxygens (including phenoxy) is 1. The third kappa shape index (κ3) is 1.67. The van der Waals surface area contributed by atoms with E-state index in [2.05, 4.69) is 0 Å². The Hall–Kier alpha value is -3.07. The third-order valence-electron chi connectivity index (χ3n) is 4.41. The van der Waals surface area contributed by atoms with Gasteiger partial charge in [0.15, 0.2) is 6.10 Å². The maximum absolute atomic E-state index is 12.1. The molecule has 5 rings (SSSR count). The molecule has 0 radical (unpaired) electrons. The van der Waals surface area contributed by atoms with E-state index < -0.39 is 0 Å². The Balaban J connectivity index is 1.83. The molecule has 0 spiro atoms. The number of carbonyl (C=O) groups is 1. The molecule has 4 aromatic rings. The first-order valence-corrected chi connectivity index (χ1v) is 7.53. The molecular weight excluding hydrogens is 288 g/mol. The number of para-hydroxylation sites is 1. The summed E-state index contributed by atoms with van der Waals surface area (Å²) in [6.07, 6.45) is -0.386. The second-order valence-corrected chi connectivity index (χ2v) is 5.69. The fourth-order valence-electron chi connectivity index (χ4n) is 3.40. The molecule has 3 nitrogen and oxygen atoms in total. The third-order valence-corrected chi connectivity index (χ3v) is 4.41. The zero-order chi connectivity index (χ0) is 15.4. The van der Waals surface area contributed by atoms with E-state index in [1.54, 1.807) is 0 Å². The lowest BCUT2D eigenvalue weighted by Crippen LogP contribution is -2.01. The van der Waals surface area contributed by atoms with Crippen LogP contribution in [0, 0.1) is 0 Å². The smallest absolute Gasteiger partial charge is 0.339 e. The Bertz CT molecular complexity index is 1070. The number of benzene rings is 3. The number of esters is 1. The van der Waals surface area contributed by atoms with Gasteiger partial charge in [0.2, 0.25) is 0 Å². The lowest BCUT2D eigenvalue weighted by atomic mass is 9.95. The van der Waals surface area contributed by atoms with Gasteiger partial charge < -0.3 is 9.15 Å². The predicted molar refractivity (Wildman–Crippen MR) is 87.4 cm³/mol. The molecule has 110 valence electrons. The molecule has 0 N–H and O–H groups in total. The van der Waals surface area contributed by atoms with E-state index in [1.165, 1.54) is 0 Å². The van der Waals surface area contributed by atoms with E-state index in [4.69, 9.17) is 9.15 Å². The molecule has 3 aromatic carbocycles. The van der Waals surface area contributed by atoms with E-state index in [0.717, 1.165) is 33.1 Å². The summed E-state index contributed by atoms with van der Waals surface area (Å²) in [6, 6.07) is 21.4. The molecule has 0 bridgehead atoms. The minimum absolute atomic E-state index is 0.268. The van der Waals surface area contributed by atoms with E-state index in [0.29, 0.717) is 5.56 Å². The van der Waals surface area contributed by atoms with Crippen molar-refractivity contribution in [2.45, 2.75) is 6.10 Å². The monoisotopic (exact) mass is 300 g/mol. The van der Waals surface area contributed by atoms with Crippen molar-refractivity contribution in [3.63, 3.8) is 0 Å². The van der Waals surface area contributed by atoms with Crippen LogP contribution in [0.1, 0.15) is 27.6 Å². The highest BCUT2D eigenvalue weighted by molar-refractivity contribution is 6.07. The summed E-state index contributed by atoms with van der Waals surface area (Å²) in [5.41, 5.74) is 4.17. The van der Waals surface area contributed by atoms with Gasteiger partial charge in [0.25, 0.3) is 0 Å². The van der Waals surface area contributed by atoms with Crippen LogP contribution < -0.4 is 0 Å². The van der Waals surface area contributed by atoms with E-state index in [-0.39, 0.29) is 12.1 Å². The van der Waals surface area contributed by atoms with Crippen molar-refractivity contribution in [3.05, 3.63) is 83.4 Å². The highest BCUT2D eigenvalue weighted by Crippen LogP contribution is 2.41. The second-order valence-electron chi connectivity index (χ2n) is 5.69. The minimum atomic E-state index is -0.386. The maximum Gasteiger partial charge on any atom is 0.339 e. The minimum Gasteiger partial charge on any atom is -0.456 e. The molecule has 1 unspecified atom stereocenters. The van der Waals surface area contributed by atoms with E-state index in [9.17, 15) is 4.79 Å². The molecule has 1 atom stereocenters. The largest absolute Gasteiger partial charge is 0.456 e. The van der Waals surface area contributed by atoms with Crippen molar-refractivity contribution in [3.8, 4) is 0 Å². The summed E-state index contributed by atoms with van der Waals surface area (Å²) in [6.45, 7) is 0. The first kappa shape index (κ1) is 12.5. The van der Waals surface area contributed by atoms with Gasteiger partial charge in [0.05, 0.1) is 5.56 Å². The lowest BCUT2D eigenvalue weighted by Gasteiger charge is -2.12. The van der Waals surface area contributed by atoms with Crippen molar-refractivity contribution in [1.82, 2.24) is 0 Å². The van der Waals surface area contributed by atoms with E-state index in [1.807, 2.05) is 66.7 Å². The summed E-state index contributed by atoms with van der Waals surface area (Å²) in [7, 11) is 0. The van der Waals surface area contributed by atoms with Gasteiger partial charge in [-0.1, -0.05) is 48.5 Å². The zero-order valence-corrected chi connectivity index (χ0v) is 12.2. The maximum atomic E-state index is 12.1. The number of furan rings is 1. The van der Waals surface area contributed by atoms with Crippen LogP contribution in [0.3, 0.4) is 0 Å². The Kier molecular flexibility index (Phi) is 2.42. The molecule has 23 heavy (non-hydrogen) atoms. The number of cyclic esters (lactones) is 1. The summed E-state index contributed by atoms with van der Waals surface area (Å²) < 4.78 is 11.6. The Labute approximate surface area is 132 Å². The number of hydrogen-bond acceptors (Lipinski definition) is 3. The first-order chi connectivity index (χ1) is 11.3. The Morgan fingerprint density at radius 1 is 0.739 bits per heavy atom. The Morgan fingerprint density at radius 3 is 2.43 bits per heavy atom. The predicted octanol–water partition coefficient (Wildman–Crippen LogP) is 4.85. The molecule has 2 heterocycles. The molecule has 1 aliphatic rings. The molecule has 0 saturated carbocycles. The van der Waals surface area contributed by atoms with Crippen LogP contribution in [-0.2, 0) is 4.74 Å². The van der Waals surface area contributed by atoms with Crippen molar-refractivity contribution < 1.29 is 13.9 Å². The SMILES string of the molecule is O=C1OC(c2cccc3oc4ccccc4c23)c2ccccc21. The number of rotatable bonds is 1. The molecule has 3 heteroatoms. The van der Waals surface area contributed by atoms with Crippen LogP contribution in [0.5, 0.6) is 0 Å². The highest BCUT2D eigenvalue weighted by Gasteiger charge is 2.33. The van der Waals surface area contributed by atoms with Crippen LogP contribution in [0.4, 0.5) is 0 Å². The van der Waals surface area contributed by atoms with Gasteiger partial charge in [0, 0.05) is 21.9 Å². The van der Waals surface area contributed by atoms with Crippen molar-refractivity contribution >= 4 is 27.9 Å². The van der Waals surface area contributed by atoms with Crippen LogP contribution in [0.25, 0.3) is 21.9 Å². The van der Waals surface area contributed by atoms with Crippen LogP contribution in [0.2, 0.25) is 0 Å². The van der Waals surface area contributed by atoms with Crippen molar-refractivity contribution in [1.29, 1.82) is 0 Å². The van der Waals surface area contributed by atoms with Gasteiger partial charge in [-0.05, 0) is 18.2 Å². The van der Waals surface area contributed by atoms with Gasteiger partial charge >= 0.3 is 5.97 Å². The van der Waals surface area contributed by atoms with Gasteiger partial charge in [0.1, 0.15) is 11.2 Å². The molecule has 0 fully saturated rings. The average Bonchev–Trinajstić information content (AvgIpc) is 3.13. The molecule has 0 saturated heterocycles. The fourth-order valence-corrected chi connectivity index (χ4v) is 3.40. The van der Waals surface area contributed by atoms with E-state index >= 15 is 0 Å². The molecule has 1 aromatic heterocycles. The van der Waals surface area contributed by atoms with Crippen LogP contribution in [0.15, 0.2) is 71.1 Å². The van der Waals surface area contributed by atoms with Gasteiger partial charge in [-0.3, -0.25) is 0 Å². The fraction of sp³-hybridized carbons (Fsp3) is 0.0500. The summed E-state index contributed by atoms with van der Waals surface area (Å²) >= 11 is 0. The first-order valence-electron chi connectivity index (χ1n) is 7.53.